The fourth-order valence-corrected chi connectivity index (χ4v) is 3.52. The van der Waals surface area contributed by atoms with Crippen LogP contribution < -0.4 is 15.1 Å². The molecule has 0 aliphatic heterocycles. The molecule has 0 saturated carbocycles. The van der Waals surface area contributed by atoms with Gasteiger partial charge in [0, 0.05) is 17.2 Å². The van der Waals surface area contributed by atoms with Crippen LogP contribution in [0.5, 0.6) is 11.8 Å². The standard InChI is InChI=1S/C26H20BN3O2/c27-24-13-7-12-23-22(16-28-30(23)24)21-14-15-25(31-17-19-8-3-1-4-9-19)29-26(21)32-18-20-10-5-2-6-11-20/h1-16H,17-18H2. The van der Waals surface area contributed by atoms with Crippen molar-refractivity contribution in [3.05, 3.63) is 108 Å². The van der Waals surface area contributed by atoms with Crippen molar-refractivity contribution in [1.82, 2.24) is 14.6 Å². The lowest BCUT2D eigenvalue weighted by molar-refractivity contribution is 0.268. The molecule has 6 heteroatoms. The molecule has 0 N–H and O–H groups in total. The molecule has 0 atom stereocenters. The van der Waals surface area contributed by atoms with Crippen LogP contribution in [0.3, 0.4) is 0 Å². The molecule has 3 heterocycles. The van der Waals surface area contributed by atoms with E-state index in [1.165, 1.54) is 0 Å². The monoisotopic (exact) mass is 417 g/mol. The Balaban J connectivity index is 1.49. The van der Waals surface area contributed by atoms with Crippen LogP contribution >= 0.6 is 0 Å². The van der Waals surface area contributed by atoms with Gasteiger partial charge in [0.05, 0.1) is 11.7 Å². The second kappa shape index (κ2) is 8.98. The first-order valence-corrected chi connectivity index (χ1v) is 10.3. The largest absolute Gasteiger partial charge is 0.473 e. The Kier molecular flexibility index (Phi) is 5.58. The fourth-order valence-electron chi connectivity index (χ4n) is 3.52. The van der Waals surface area contributed by atoms with E-state index >= 15 is 0 Å². The number of aromatic nitrogens is 3. The molecular formula is C26H20BN3O2. The van der Waals surface area contributed by atoms with Gasteiger partial charge in [-0.3, -0.25) is 0 Å². The van der Waals surface area contributed by atoms with Crippen LogP contribution in [0.15, 0.2) is 97.2 Å². The number of rotatable bonds is 7. The molecule has 2 aromatic carbocycles. The van der Waals surface area contributed by atoms with Crippen LogP contribution in [-0.4, -0.2) is 22.4 Å². The van der Waals surface area contributed by atoms with Gasteiger partial charge in [0.2, 0.25) is 11.8 Å². The van der Waals surface area contributed by atoms with Gasteiger partial charge in [-0.1, -0.05) is 72.8 Å². The van der Waals surface area contributed by atoms with Gasteiger partial charge in [-0.05, 0) is 28.9 Å². The van der Waals surface area contributed by atoms with E-state index in [0.29, 0.717) is 30.6 Å². The molecule has 0 aliphatic rings. The zero-order chi connectivity index (χ0) is 21.8. The maximum Gasteiger partial charge on any atom is 0.225 e. The molecular weight excluding hydrogens is 397 g/mol. The zero-order valence-electron chi connectivity index (χ0n) is 17.4. The molecule has 0 saturated heterocycles. The van der Waals surface area contributed by atoms with E-state index in [0.717, 1.165) is 27.8 Å². The van der Waals surface area contributed by atoms with E-state index < -0.39 is 0 Å². The summed E-state index contributed by atoms with van der Waals surface area (Å²) < 4.78 is 13.8. The maximum atomic E-state index is 6.16. The highest BCUT2D eigenvalue weighted by Crippen LogP contribution is 2.33. The average molecular weight is 417 g/mol. The molecule has 5 aromatic rings. The van der Waals surface area contributed by atoms with Crippen molar-refractivity contribution in [3.63, 3.8) is 0 Å². The van der Waals surface area contributed by atoms with Gasteiger partial charge in [-0.2, -0.15) is 10.1 Å². The molecule has 0 amide bonds. The molecule has 0 fully saturated rings. The third-order valence-corrected chi connectivity index (χ3v) is 5.14. The van der Waals surface area contributed by atoms with Crippen molar-refractivity contribution >= 4 is 19.0 Å². The minimum absolute atomic E-state index is 0.393. The van der Waals surface area contributed by atoms with Gasteiger partial charge >= 0.3 is 0 Å². The number of fused-ring (bicyclic) bond motifs is 1. The van der Waals surface area contributed by atoms with Gasteiger partial charge in [0.15, 0.2) is 0 Å². The molecule has 32 heavy (non-hydrogen) atoms. The summed E-state index contributed by atoms with van der Waals surface area (Å²) in [5.41, 5.74) is 5.30. The Morgan fingerprint density at radius 1 is 0.688 bits per heavy atom. The van der Waals surface area contributed by atoms with Gasteiger partial charge in [-0.15, -0.1) is 0 Å². The van der Waals surface area contributed by atoms with E-state index in [-0.39, 0.29) is 0 Å². The SMILES string of the molecule is [B]c1cccc2c(-c3ccc(OCc4ccccc4)nc3OCc3ccccc3)cnn12. The quantitative estimate of drug-likeness (QED) is 0.370. The lowest BCUT2D eigenvalue weighted by Gasteiger charge is -2.13. The van der Waals surface area contributed by atoms with Crippen molar-refractivity contribution in [3.8, 4) is 22.9 Å². The lowest BCUT2D eigenvalue weighted by Crippen LogP contribution is -2.14. The second-order valence-corrected chi connectivity index (χ2v) is 7.36. The average Bonchev–Trinajstić information content (AvgIpc) is 3.28. The Morgan fingerprint density at radius 2 is 1.38 bits per heavy atom. The molecule has 154 valence electrons. The maximum absolute atomic E-state index is 6.16. The molecule has 0 aliphatic carbocycles. The number of hydrogen-bond donors (Lipinski definition) is 0. The Hall–Kier alpha value is -4.06. The minimum atomic E-state index is 0.393. The third-order valence-electron chi connectivity index (χ3n) is 5.14. The topological polar surface area (TPSA) is 48.7 Å². The van der Waals surface area contributed by atoms with Crippen molar-refractivity contribution in [2.75, 3.05) is 0 Å². The van der Waals surface area contributed by atoms with Gasteiger partial charge in [0.25, 0.3) is 0 Å². The zero-order valence-corrected chi connectivity index (χ0v) is 17.4. The number of ether oxygens (including phenoxy) is 2. The summed E-state index contributed by atoms with van der Waals surface area (Å²) in [7, 11) is 6.07. The Morgan fingerprint density at radius 3 is 2.09 bits per heavy atom. The van der Waals surface area contributed by atoms with Crippen LogP contribution in [-0.2, 0) is 13.2 Å². The molecule has 5 nitrogen and oxygen atoms in total. The highest BCUT2D eigenvalue weighted by atomic mass is 16.5. The van der Waals surface area contributed by atoms with Gasteiger partial charge < -0.3 is 9.47 Å². The summed E-state index contributed by atoms with van der Waals surface area (Å²) in [6, 6.07) is 29.5. The second-order valence-electron chi connectivity index (χ2n) is 7.36. The molecule has 0 bridgehead atoms. The summed E-state index contributed by atoms with van der Waals surface area (Å²) in [4.78, 5) is 4.68. The number of pyridine rings is 2. The van der Waals surface area contributed by atoms with E-state index in [1.807, 2.05) is 91.0 Å². The van der Waals surface area contributed by atoms with Crippen LogP contribution in [0.1, 0.15) is 11.1 Å². The molecule has 0 spiro atoms. The first-order chi connectivity index (χ1) is 15.8. The van der Waals surface area contributed by atoms with Crippen molar-refractivity contribution in [2.24, 2.45) is 0 Å². The fraction of sp³-hybridized carbons (Fsp3) is 0.0769. The Labute approximate surface area is 187 Å². The van der Waals surface area contributed by atoms with E-state index in [1.54, 1.807) is 10.7 Å². The number of benzene rings is 2. The molecule has 3 aromatic heterocycles. The summed E-state index contributed by atoms with van der Waals surface area (Å²) in [5.74, 6) is 0.980. The predicted molar refractivity (Wildman–Crippen MR) is 125 cm³/mol. The van der Waals surface area contributed by atoms with Crippen LogP contribution in [0.4, 0.5) is 0 Å². The highest BCUT2D eigenvalue weighted by Gasteiger charge is 2.16. The van der Waals surface area contributed by atoms with Crippen molar-refractivity contribution in [1.29, 1.82) is 0 Å². The summed E-state index contributed by atoms with van der Waals surface area (Å²) in [6.07, 6.45) is 1.78. The minimum Gasteiger partial charge on any atom is -0.473 e. The van der Waals surface area contributed by atoms with Crippen LogP contribution in [0, 0.1) is 0 Å². The number of nitrogens with zero attached hydrogens (tertiary/aromatic N) is 3. The molecule has 5 rings (SSSR count). The molecule has 0 unspecified atom stereocenters. The van der Waals surface area contributed by atoms with Crippen LogP contribution in [0.2, 0.25) is 0 Å². The van der Waals surface area contributed by atoms with E-state index in [4.69, 9.17) is 17.3 Å². The normalized spacial score (nSPS) is 10.9. The first kappa shape index (κ1) is 19.9. The van der Waals surface area contributed by atoms with Crippen molar-refractivity contribution < 1.29 is 9.47 Å². The van der Waals surface area contributed by atoms with E-state index in [2.05, 4.69) is 10.1 Å². The summed E-state index contributed by atoms with van der Waals surface area (Å²) in [5, 5.41) is 4.43. The van der Waals surface area contributed by atoms with Crippen LogP contribution in [0.25, 0.3) is 16.6 Å². The van der Waals surface area contributed by atoms with E-state index in [9.17, 15) is 0 Å². The lowest BCUT2D eigenvalue weighted by atomic mass is 10.0. The Bertz CT molecular complexity index is 1340. The first-order valence-electron chi connectivity index (χ1n) is 10.3. The summed E-state index contributed by atoms with van der Waals surface area (Å²) >= 11 is 0. The van der Waals surface area contributed by atoms with Gasteiger partial charge in [-0.25, -0.2) is 4.52 Å². The van der Waals surface area contributed by atoms with Gasteiger partial charge in [0.1, 0.15) is 21.1 Å². The molecule has 2 radical (unpaired) electrons. The van der Waals surface area contributed by atoms with Crippen molar-refractivity contribution in [2.45, 2.75) is 13.2 Å². The third kappa shape index (κ3) is 4.21. The highest BCUT2D eigenvalue weighted by molar-refractivity contribution is 6.31. The smallest absolute Gasteiger partial charge is 0.225 e. The summed E-state index contributed by atoms with van der Waals surface area (Å²) in [6.45, 7) is 0.822. The predicted octanol–water partition coefficient (Wildman–Crippen LogP) is 4.35. The number of hydrogen-bond acceptors (Lipinski definition) is 4.